The van der Waals surface area contributed by atoms with Crippen molar-refractivity contribution in [2.45, 2.75) is 73.0 Å². The number of nitrogens with two attached hydrogens (primary N) is 1. The standard InChI is InChI=1S/C24H38N5O6PS2/c1-23(2,3)21(30)37-11-9-33-36(32,34-10-12-38-22(31)24(4,5)6)35-17-8-7-16(13-17)29-15-28-18-19(25)26-14-27-20(18)29/h14-17H,7-13H2,1-6H3,(H2,25,26,27). The molecule has 2 heterocycles. The van der Waals surface area contributed by atoms with Gasteiger partial charge in [0.2, 0.25) is 0 Å². The fourth-order valence-corrected chi connectivity index (χ4v) is 6.88. The highest BCUT2D eigenvalue weighted by molar-refractivity contribution is 8.14. The lowest BCUT2D eigenvalue weighted by atomic mass is 9.99. The maximum Gasteiger partial charge on any atom is 0.475 e. The molecule has 2 atom stereocenters. The van der Waals surface area contributed by atoms with E-state index >= 15 is 0 Å². The van der Waals surface area contributed by atoms with Gasteiger partial charge in [-0.2, -0.15) is 0 Å². The molecule has 38 heavy (non-hydrogen) atoms. The Bertz CT molecular complexity index is 1140. The number of aromatic nitrogens is 4. The predicted molar refractivity (Wildman–Crippen MR) is 151 cm³/mol. The van der Waals surface area contributed by atoms with E-state index in [0.29, 0.717) is 41.3 Å². The van der Waals surface area contributed by atoms with Crippen molar-refractivity contribution >= 4 is 58.6 Å². The summed E-state index contributed by atoms with van der Waals surface area (Å²) < 4.78 is 32.7. The normalized spacial score (nSPS) is 18.8. The molecule has 0 radical (unpaired) electrons. The van der Waals surface area contributed by atoms with Crippen molar-refractivity contribution in [2.24, 2.45) is 10.8 Å². The third-order valence-corrected chi connectivity index (χ3v) is 9.82. The first-order valence-corrected chi connectivity index (χ1v) is 16.0. The van der Waals surface area contributed by atoms with Gasteiger partial charge in [-0.1, -0.05) is 65.1 Å². The van der Waals surface area contributed by atoms with Gasteiger partial charge in [-0.3, -0.25) is 23.2 Å². The molecular weight excluding hydrogens is 549 g/mol. The van der Waals surface area contributed by atoms with Gasteiger partial charge in [0.15, 0.2) is 21.7 Å². The van der Waals surface area contributed by atoms with Crippen molar-refractivity contribution in [3.63, 3.8) is 0 Å². The average molecular weight is 588 g/mol. The highest BCUT2D eigenvalue weighted by atomic mass is 32.2. The van der Waals surface area contributed by atoms with Crippen molar-refractivity contribution in [3.05, 3.63) is 12.7 Å². The summed E-state index contributed by atoms with van der Waals surface area (Å²) in [5.74, 6) is 0.954. The van der Waals surface area contributed by atoms with Crippen LogP contribution in [0.1, 0.15) is 66.8 Å². The number of phosphoric ester groups is 1. The highest BCUT2D eigenvalue weighted by Gasteiger charge is 2.37. The first-order chi connectivity index (χ1) is 17.7. The molecule has 2 aromatic rings. The summed E-state index contributed by atoms with van der Waals surface area (Å²) in [4.78, 5) is 37.0. The third-order valence-electron chi connectivity index (χ3n) is 5.77. The number of nitrogens with zero attached hydrogens (tertiary/aromatic N) is 4. The zero-order valence-corrected chi connectivity index (χ0v) is 25.4. The topological polar surface area (TPSA) is 149 Å². The van der Waals surface area contributed by atoms with Gasteiger partial charge in [0, 0.05) is 28.4 Å². The minimum absolute atomic E-state index is 0.0190. The molecule has 1 aliphatic rings. The minimum atomic E-state index is -3.95. The molecule has 3 rings (SSSR count). The van der Waals surface area contributed by atoms with Crippen molar-refractivity contribution in [1.82, 2.24) is 19.5 Å². The molecule has 0 spiro atoms. The average Bonchev–Trinajstić information content (AvgIpc) is 3.45. The van der Waals surface area contributed by atoms with Crippen LogP contribution >= 0.6 is 31.3 Å². The number of anilines is 1. The van der Waals surface area contributed by atoms with Gasteiger partial charge in [0.25, 0.3) is 0 Å². The summed E-state index contributed by atoms with van der Waals surface area (Å²) in [6.45, 7) is 11.1. The van der Waals surface area contributed by atoms with E-state index < -0.39 is 18.7 Å². The zero-order chi connectivity index (χ0) is 28.1. The number of nitrogen functional groups attached to an aromatic ring is 1. The van der Waals surface area contributed by atoms with Gasteiger partial charge in [-0.15, -0.1) is 0 Å². The number of phosphoric acid groups is 1. The molecule has 1 saturated carbocycles. The summed E-state index contributed by atoms with van der Waals surface area (Å²) in [5, 5.41) is 0.0380. The van der Waals surface area contributed by atoms with Crippen LogP contribution in [0.4, 0.5) is 5.82 Å². The second-order valence-corrected chi connectivity index (χ2v) is 14.9. The van der Waals surface area contributed by atoms with Crippen LogP contribution in [-0.2, 0) is 27.7 Å². The number of rotatable bonds is 11. The Morgan fingerprint density at radius 2 is 1.58 bits per heavy atom. The smallest absolute Gasteiger partial charge is 0.382 e. The Hall–Kier alpha value is -1.50. The van der Waals surface area contributed by atoms with E-state index in [9.17, 15) is 14.2 Å². The number of thioether (sulfide) groups is 2. The quantitative estimate of drug-likeness (QED) is 0.269. The van der Waals surface area contributed by atoms with Gasteiger partial charge < -0.3 is 10.3 Å². The molecule has 14 heteroatoms. The van der Waals surface area contributed by atoms with E-state index in [1.54, 1.807) is 6.33 Å². The number of hydrogen-bond donors (Lipinski definition) is 1. The second kappa shape index (κ2) is 12.8. The van der Waals surface area contributed by atoms with E-state index in [0.717, 1.165) is 29.9 Å². The van der Waals surface area contributed by atoms with Crippen LogP contribution in [0, 0.1) is 10.8 Å². The molecular formula is C24H38N5O6PS2. The molecule has 0 amide bonds. The van der Waals surface area contributed by atoms with Gasteiger partial charge in [-0.05, 0) is 19.3 Å². The van der Waals surface area contributed by atoms with Crippen molar-refractivity contribution in [2.75, 3.05) is 30.5 Å². The maximum atomic E-state index is 13.6. The van der Waals surface area contributed by atoms with E-state index in [4.69, 9.17) is 19.3 Å². The Morgan fingerprint density at radius 1 is 1.00 bits per heavy atom. The Balaban J connectivity index is 1.61. The molecule has 0 saturated heterocycles. The molecule has 2 aromatic heterocycles. The summed E-state index contributed by atoms with van der Waals surface area (Å²) in [6, 6.07) is 0.0210. The number of carbonyl (C=O) groups is 2. The lowest BCUT2D eigenvalue weighted by molar-refractivity contribution is -0.118. The van der Waals surface area contributed by atoms with Crippen molar-refractivity contribution in [3.8, 4) is 0 Å². The molecule has 0 aromatic carbocycles. The molecule has 2 unspecified atom stereocenters. The molecule has 2 N–H and O–H groups in total. The van der Waals surface area contributed by atoms with E-state index in [1.807, 2.05) is 46.1 Å². The van der Waals surface area contributed by atoms with E-state index in [-0.39, 0.29) is 35.6 Å². The Morgan fingerprint density at radius 3 is 2.13 bits per heavy atom. The SMILES string of the molecule is CC(C)(C)C(=O)SCCOP(=O)(OCCSC(=O)C(C)(C)C)OC1CCC(n2cnc3c(N)ncnc32)C1. The van der Waals surface area contributed by atoms with Gasteiger partial charge in [-0.25, -0.2) is 19.5 Å². The number of fused-ring (bicyclic) bond motifs is 1. The highest BCUT2D eigenvalue weighted by Crippen LogP contribution is 2.53. The van der Waals surface area contributed by atoms with Crippen LogP contribution in [0.2, 0.25) is 0 Å². The summed E-state index contributed by atoms with van der Waals surface area (Å²) in [7, 11) is -3.95. The van der Waals surface area contributed by atoms with Crippen molar-refractivity contribution in [1.29, 1.82) is 0 Å². The van der Waals surface area contributed by atoms with Gasteiger partial charge >= 0.3 is 7.82 Å². The summed E-state index contributed by atoms with van der Waals surface area (Å²) >= 11 is 2.25. The first kappa shape index (κ1) is 31.0. The fourth-order valence-electron chi connectivity index (χ4n) is 3.68. The molecule has 11 nitrogen and oxygen atoms in total. The second-order valence-electron chi connectivity index (χ2n) is 11.2. The maximum absolute atomic E-state index is 13.6. The fraction of sp³-hybridized carbons (Fsp3) is 0.708. The van der Waals surface area contributed by atoms with Crippen LogP contribution in [-0.4, -0.2) is 60.6 Å². The van der Waals surface area contributed by atoms with Crippen LogP contribution in [0.3, 0.4) is 0 Å². The Labute approximate surface area is 232 Å². The van der Waals surface area contributed by atoms with Crippen LogP contribution in [0.15, 0.2) is 12.7 Å². The number of hydrogen-bond acceptors (Lipinski definition) is 12. The number of imidazole rings is 1. The molecule has 0 bridgehead atoms. The molecule has 0 aliphatic heterocycles. The lowest BCUT2D eigenvalue weighted by Gasteiger charge is -2.22. The summed E-state index contributed by atoms with van der Waals surface area (Å²) in [6.07, 6.45) is 4.65. The predicted octanol–water partition coefficient (Wildman–Crippen LogP) is 5.27. The van der Waals surface area contributed by atoms with Crippen LogP contribution < -0.4 is 5.73 Å². The van der Waals surface area contributed by atoms with Crippen LogP contribution in [0.5, 0.6) is 0 Å². The van der Waals surface area contributed by atoms with E-state index in [2.05, 4.69) is 15.0 Å². The zero-order valence-electron chi connectivity index (χ0n) is 22.8. The van der Waals surface area contributed by atoms with Gasteiger partial charge in [0.1, 0.15) is 11.8 Å². The lowest BCUT2D eigenvalue weighted by Crippen LogP contribution is -2.18. The molecule has 1 aliphatic carbocycles. The molecule has 1 fully saturated rings. The largest absolute Gasteiger partial charge is 0.475 e. The monoisotopic (exact) mass is 587 g/mol. The minimum Gasteiger partial charge on any atom is -0.382 e. The van der Waals surface area contributed by atoms with Crippen molar-refractivity contribution < 1.29 is 27.7 Å². The van der Waals surface area contributed by atoms with Gasteiger partial charge in [0.05, 0.1) is 25.6 Å². The van der Waals surface area contributed by atoms with Crippen LogP contribution in [0.25, 0.3) is 11.2 Å². The van der Waals surface area contributed by atoms with E-state index in [1.165, 1.54) is 6.33 Å². The summed E-state index contributed by atoms with van der Waals surface area (Å²) in [5.41, 5.74) is 6.13. The molecule has 212 valence electrons. The first-order valence-electron chi connectivity index (χ1n) is 12.5. The number of carbonyl (C=O) groups excluding carboxylic acids is 2. The third kappa shape index (κ3) is 8.50. The Kier molecular flexibility index (Phi) is 10.4.